The quantitative estimate of drug-likeness (QED) is 0.847. The molecule has 1 unspecified atom stereocenters. The molecule has 2 heterocycles. The Kier molecular flexibility index (Phi) is 4.15. The van der Waals surface area contributed by atoms with Crippen molar-refractivity contribution in [1.82, 2.24) is 19.4 Å². The second-order valence-electron chi connectivity index (χ2n) is 6.42. The SMILES string of the molecule is CCNC(c1ccn(Cc2cncn2C2CC2)c1)C(C)C. The lowest BCUT2D eigenvalue weighted by molar-refractivity contribution is 0.421. The number of aromatic nitrogens is 3. The zero-order valence-electron chi connectivity index (χ0n) is 13.3. The fourth-order valence-electron chi connectivity index (χ4n) is 3.02. The van der Waals surface area contributed by atoms with Gasteiger partial charge in [-0.2, -0.15) is 0 Å². The van der Waals surface area contributed by atoms with E-state index in [2.05, 4.69) is 58.7 Å². The Morgan fingerprint density at radius 3 is 2.86 bits per heavy atom. The molecule has 0 radical (unpaired) electrons. The molecule has 0 spiro atoms. The van der Waals surface area contributed by atoms with Gasteiger partial charge >= 0.3 is 0 Å². The summed E-state index contributed by atoms with van der Waals surface area (Å²) in [7, 11) is 0. The molecule has 3 rings (SSSR count). The van der Waals surface area contributed by atoms with Gasteiger partial charge in [0.1, 0.15) is 0 Å². The molecule has 1 aliphatic rings. The summed E-state index contributed by atoms with van der Waals surface area (Å²) in [6.07, 6.45) is 11.0. The molecule has 1 saturated carbocycles. The van der Waals surface area contributed by atoms with Gasteiger partial charge in [-0.05, 0) is 36.9 Å². The third-order valence-corrected chi connectivity index (χ3v) is 4.25. The Balaban J connectivity index is 1.73. The molecule has 4 nitrogen and oxygen atoms in total. The van der Waals surface area contributed by atoms with Gasteiger partial charge in [-0.1, -0.05) is 20.8 Å². The molecular formula is C17H26N4. The van der Waals surface area contributed by atoms with Crippen molar-refractivity contribution < 1.29 is 0 Å². The number of imidazole rings is 1. The van der Waals surface area contributed by atoms with E-state index in [0.29, 0.717) is 18.0 Å². The molecule has 0 aliphatic heterocycles. The van der Waals surface area contributed by atoms with Crippen LogP contribution in [0.5, 0.6) is 0 Å². The summed E-state index contributed by atoms with van der Waals surface area (Å²) in [6.45, 7) is 8.62. The van der Waals surface area contributed by atoms with E-state index >= 15 is 0 Å². The molecule has 1 aliphatic carbocycles. The van der Waals surface area contributed by atoms with Crippen LogP contribution in [-0.4, -0.2) is 20.7 Å². The van der Waals surface area contributed by atoms with Crippen LogP contribution in [0.25, 0.3) is 0 Å². The minimum absolute atomic E-state index is 0.435. The summed E-state index contributed by atoms with van der Waals surface area (Å²) in [5.74, 6) is 0.595. The van der Waals surface area contributed by atoms with Gasteiger partial charge in [-0.15, -0.1) is 0 Å². The lowest BCUT2D eigenvalue weighted by atomic mass is 9.98. The van der Waals surface area contributed by atoms with Crippen molar-refractivity contribution in [2.45, 2.75) is 52.2 Å². The first-order valence-corrected chi connectivity index (χ1v) is 8.08. The van der Waals surface area contributed by atoms with Crippen LogP contribution in [0.3, 0.4) is 0 Å². The van der Waals surface area contributed by atoms with Gasteiger partial charge in [0, 0.05) is 30.7 Å². The summed E-state index contributed by atoms with van der Waals surface area (Å²) in [5.41, 5.74) is 2.69. The third kappa shape index (κ3) is 3.21. The first-order valence-electron chi connectivity index (χ1n) is 8.08. The van der Waals surface area contributed by atoms with Crippen molar-refractivity contribution in [2.24, 2.45) is 5.92 Å². The summed E-state index contributed by atoms with van der Waals surface area (Å²) in [4.78, 5) is 4.32. The van der Waals surface area contributed by atoms with Crippen molar-refractivity contribution in [3.63, 3.8) is 0 Å². The van der Waals surface area contributed by atoms with Gasteiger partial charge in [0.05, 0.1) is 18.6 Å². The molecule has 1 atom stereocenters. The van der Waals surface area contributed by atoms with Crippen LogP contribution in [0.2, 0.25) is 0 Å². The van der Waals surface area contributed by atoms with Crippen LogP contribution in [-0.2, 0) is 6.54 Å². The smallest absolute Gasteiger partial charge is 0.0951 e. The van der Waals surface area contributed by atoms with Gasteiger partial charge in [-0.3, -0.25) is 0 Å². The lowest BCUT2D eigenvalue weighted by Crippen LogP contribution is -2.25. The van der Waals surface area contributed by atoms with Crippen LogP contribution in [0, 0.1) is 5.92 Å². The van der Waals surface area contributed by atoms with E-state index in [1.165, 1.54) is 24.1 Å². The van der Waals surface area contributed by atoms with Gasteiger partial charge in [0.2, 0.25) is 0 Å². The van der Waals surface area contributed by atoms with Crippen molar-refractivity contribution in [2.75, 3.05) is 6.54 Å². The van der Waals surface area contributed by atoms with E-state index in [9.17, 15) is 0 Å². The highest BCUT2D eigenvalue weighted by atomic mass is 15.1. The van der Waals surface area contributed by atoms with Gasteiger partial charge in [0.25, 0.3) is 0 Å². The second kappa shape index (κ2) is 6.06. The average molecular weight is 286 g/mol. The number of rotatable bonds is 7. The molecule has 0 saturated heterocycles. The summed E-state index contributed by atoms with van der Waals surface area (Å²) < 4.78 is 4.61. The highest BCUT2D eigenvalue weighted by Gasteiger charge is 2.25. The van der Waals surface area contributed by atoms with Crippen LogP contribution in [0.15, 0.2) is 31.0 Å². The van der Waals surface area contributed by atoms with E-state index in [0.717, 1.165) is 13.1 Å². The molecule has 2 aromatic heterocycles. The Morgan fingerprint density at radius 1 is 1.38 bits per heavy atom. The minimum Gasteiger partial charge on any atom is -0.348 e. The normalized spacial score (nSPS) is 16.6. The first kappa shape index (κ1) is 14.4. The molecule has 0 aromatic carbocycles. The molecule has 0 bridgehead atoms. The largest absolute Gasteiger partial charge is 0.348 e. The van der Waals surface area contributed by atoms with Crippen LogP contribution >= 0.6 is 0 Å². The molecular weight excluding hydrogens is 260 g/mol. The molecule has 4 heteroatoms. The van der Waals surface area contributed by atoms with Gasteiger partial charge < -0.3 is 14.5 Å². The highest BCUT2D eigenvalue weighted by Crippen LogP contribution is 2.35. The minimum atomic E-state index is 0.435. The van der Waals surface area contributed by atoms with Gasteiger partial charge in [-0.25, -0.2) is 4.98 Å². The number of nitrogens with zero attached hydrogens (tertiary/aromatic N) is 3. The molecule has 21 heavy (non-hydrogen) atoms. The molecule has 2 aromatic rings. The predicted molar refractivity (Wildman–Crippen MR) is 85.3 cm³/mol. The van der Waals surface area contributed by atoms with Crippen LogP contribution in [0.4, 0.5) is 0 Å². The standard InChI is InChI=1S/C17H26N4/c1-4-19-17(13(2)3)14-7-8-20(10-14)11-16-9-18-12-21(16)15-5-6-15/h7-10,12-13,15,17,19H,4-6,11H2,1-3H3. The van der Waals surface area contributed by atoms with E-state index < -0.39 is 0 Å². The Hall–Kier alpha value is -1.55. The van der Waals surface area contributed by atoms with E-state index in [-0.39, 0.29) is 0 Å². The number of hydrogen-bond acceptors (Lipinski definition) is 2. The lowest BCUT2D eigenvalue weighted by Gasteiger charge is -2.20. The van der Waals surface area contributed by atoms with Crippen LogP contribution in [0.1, 0.15) is 57.0 Å². The van der Waals surface area contributed by atoms with Crippen molar-refractivity contribution in [3.05, 3.63) is 42.2 Å². The summed E-state index contributed by atoms with van der Waals surface area (Å²) >= 11 is 0. The fourth-order valence-corrected chi connectivity index (χ4v) is 3.02. The topological polar surface area (TPSA) is 34.8 Å². The molecule has 0 amide bonds. The third-order valence-electron chi connectivity index (χ3n) is 4.25. The highest BCUT2D eigenvalue weighted by molar-refractivity contribution is 5.17. The van der Waals surface area contributed by atoms with E-state index in [1.807, 2.05) is 12.5 Å². The Morgan fingerprint density at radius 2 is 2.19 bits per heavy atom. The maximum atomic E-state index is 4.32. The summed E-state index contributed by atoms with van der Waals surface area (Å²) in [5, 5.41) is 3.58. The monoisotopic (exact) mass is 286 g/mol. The van der Waals surface area contributed by atoms with Crippen molar-refractivity contribution >= 4 is 0 Å². The number of nitrogens with one attached hydrogen (secondary N) is 1. The first-order chi connectivity index (χ1) is 10.2. The zero-order valence-corrected chi connectivity index (χ0v) is 13.3. The Bertz CT molecular complexity index is 577. The van der Waals surface area contributed by atoms with Crippen molar-refractivity contribution in [3.8, 4) is 0 Å². The van der Waals surface area contributed by atoms with Crippen molar-refractivity contribution in [1.29, 1.82) is 0 Å². The van der Waals surface area contributed by atoms with E-state index in [4.69, 9.17) is 0 Å². The zero-order chi connectivity index (χ0) is 14.8. The predicted octanol–water partition coefficient (Wildman–Crippen LogP) is 3.37. The molecule has 1 fully saturated rings. The number of hydrogen-bond donors (Lipinski definition) is 1. The average Bonchev–Trinajstić information content (AvgIpc) is 3.02. The van der Waals surface area contributed by atoms with Crippen LogP contribution < -0.4 is 5.32 Å². The second-order valence-corrected chi connectivity index (χ2v) is 6.42. The maximum Gasteiger partial charge on any atom is 0.0951 e. The maximum absolute atomic E-state index is 4.32. The Labute approximate surface area is 127 Å². The van der Waals surface area contributed by atoms with E-state index in [1.54, 1.807) is 0 Å². The molecule has 1 N–H and O–H groups in total. The van der Waals surface area contributed by atoms with Gasteiger partial charge in [0.15, 0.2) is 0 Å². The molecule has 114 valence electrons. The summed E-state index contributed by atoms with van der Waals surface area (Å²) in [6, 6.07) is 3.37. The fraction of sp³-hybridized carbons (Fsp3) is 0.588.